The lowest BCUT2D eigenvalue weighted by atomic mass is 10.3. The van der Waals surface area contributed by atoms with E-state index in [2.05, 4.69) is 15.8 Å². The molecule has 0 bridgehead atoms. The summed E-state index contributed by atoms with van der Waals surface area (Å²) in [6.07, 6.45) is 1.58. The molecule has 0 radical (unpaired) electrons. The van der Waals surface area contributed by atoms with E-state index >= 15 is 0 Å². The Kier molecular flexibility index (Phi) is 3.54. The third kappa shape index (κ3) is 3.49. The Balaban J connectivity index is 1.83. The largest absolute Gasteiger partial charge is 0.358 e. The van der Waals surface area contributed by atoms with Crippen molar-refractivity contribution in [1.82, 2.24) is 10.5 Å². The van der Waals surface area contributed by atoms with Gasteiger partial charge in [0.1, 0.15) is 0 Å². The van der Waals surface area contributed by atoms with E-state index in [9.17, 15) is 4.79 Å². The molecule has 1 heterocycles. The lowest BCUT2D eigenvalue weighted by Crippen LogP contribution is -2.31. The summed E-state index contributed by atoms with van der Waals surface area (Å²) in [5, 5.41) is 2.61. The first-order valence-electron chi connectivity index (χ1n) is 5.04. The van der Waals surface area contributed by atoms with E-state index < -0.39 is 6.03 Å². The molecule has 0 unspecified atom stereocenters. The number of anilines is 1. The van der Waals surface area contributed by atoms with Crippen LogP contribution in [-0.4, -0.2) is 11.0 Å². The van der Waals surface area contributed by atoms with Gasteiger partial charge in [-0.2, -0.15) is 5.48 Å². The fourth-order valence-electron chi connectivity index (χ4n) is 1.18. The molecule has 0 aliphatic heterocycles. The zero-order valence-electron chi connectivity index (χ0n) is 8.96. The maximum atomic E-state index is 11.4. The van der Waals surface area contributed by atoms with Gasteiger partial charge in [0, 0.05) is 18.0 Å². The van der Waals surface area contributed by atoms with Gasteiger partial charge >= 0.3 is 6.03 Å². The highest BCUT2D eigenvalue weighted by Gasteiger charge is 2.01. The molecule has 2 N–H and O–H groups in total. The molecule has 0 aliphatic rings. The van der Waals surface area contributed by atoms with Gasteiger partial charge in [-0.3, -0.25) is 0 Å². The van der Waals surface area contributed by atoms with Crippen molar-refractivity contribution in [2.75, 3.05) is 5.32 Å². The van der Waals surface area contributed by atoms with Gasteiger partial charge in [0.2, 0.25) is 5.88 Å². The van der Waals surface area contributed by atoms with Gasteiger partial charge in [-0.25, -0.2) is 9.78 Å². The molecule has 17 heavy (non-hydrogen) atoms. The van der Waals surface area contributed by atoms with Gasteiger partial charge in [0.15, 0.2) is 0 Å². The second kappa shape index (κ2) is 5.50. The van der Waals surface area contributed by atoms with Gasteiger partial charge in [0.25, 0.3) is 0 Å². The van der Waals surface area contributed by atoms with Crippen LogP contribution in [0.15, 0.2) is 54.7 Å². The monoisotopic (exact) mass is 229 g/mol. The Morgan fingerprint density at radius 3 is 2.53 bits per heavy atom. The minimum Gasteiger partial charge on any atom is -0.358 e. The van der Waals surface area contributed by atoms with E-state index in [-0.39, 0.29) is 0 Å². The number of nitrogens with zero attached hydrogens (tertiary/aromatic N) is 1. The lowest BCUT2D eigenvalue weighted by Gasteiger charge is -2.07. The average Bonchev–Trinajstić information content (AvgIpc) is 2.39. The number of amides is 2. The second-order valence-corrected chi connectivity index (χ2v) is 3.19. The predicted octanol–water partition coefficient (Wildman–Crippen LogP) is 2.20. The summed E-state index contributed by atoms with van der Waals surface area (Å²) in [6.45, 7) is 0. The van der Waals surface area contributed by atoms with E-state index in [1.807, 2.05) is 18.2 Å². The van der Waals surface area contributed by atoms with Gasteiger partial charge in [-0.05, 0) is 18.2 Å². The first-order valence-corrected chi connectivity index (χ1v) is 5.04. The SMILES string of the molecule is O=C(NOc1ccccn1)Nc1ccccc1. The number of carbonyl (C=O) groups excluding carboxylic acids is 1. The molecule has 0 aliphatic carbocycles. The molecular formula is C12H11N3O2. The van der Waals surface area contributed by atoms with E-state index in [1.54, 1.807) is 36.5 Å². The molecule has 0 fully saturated rings. The third-order valence-corrected chi connectivity index (χ3v) is 1.92. The quantitative estimate of drug-likeness (QED) is 0.793. The van der Waals surface area contributed by atoms with E-state index in [4.69, 9.17) is 4.84 Å². The van der Waals surface area contributed by atoms with Crippen molar-refractivity contribution < 1.29 is 9.63 Å². The summed E-state index contributed by atoms with van der Waals surface area (Å²) in [7, 11) is 0. The molecule has 86 valence electrons. The number of rotatable bonds is 3. The zero-order valence-corrected chi connectivity index (χ0v) is 8.96. The van der Waals surface area contributed by atoms with Crippen molar-refractivity contribution in [3.05, 3.63) is 54.7 Å². The summed E-state index contributed by atoms with van der Waals surface area (Å²) in [4.78, 5) is 20.3. The maximum Gasteiger partial charge on any atom is 0.352 e. The number of hydrogen-bond donors (Lipinski definition) is 2. The first kappa shape index (κ1) is 10.9. The van der Waals surface area contributed by atoms with Crippen LogP contribution < -0.4 is 15.6 Å². The van der Waals surface area contributed by atoms with E-state index in [1.165, 1.54) is 0 Å². The van der Waals surface area contributed by atoms with Crippen LogP contribution in [0.5, 0.6) is 5.88 Å². The molecule has 2 aromatic rings. The topological polar surface area (TPSA) is 63.2 Å². The molecule has 0 atom stereocenters. The molecular weight excluding hydrogens is 218 g/mol. The van der Waals surface area contributed by atoms with Gasteiger partial charge < -0.3 is 10.2 Å². The highest BCUT2D eigenvalue weighted by Crippen LogP contribution is 2.05. The number of pyridine rings is 1. The maximum absolute atomic E-state index is 11.4. The fraction of sp³-hybridized carbons (Fsp3) is 0. The molecule has 0 spiro atoms. The smallest absolute Gasteiger partial charge is 0.352 e. The lowest BCUT2D eigenvalue weighted by molar-refractivity contribution is 0.184. The van der Waals surface area contributed by atoms with Crippen LogP contribution in [0, 0.1) is 0 Å². The number of aromatic nitrogens is 1. The molecule has 5 heteroatoms. The van der Waals surface area contributed by atoms with Crippen LogP contribution in [0.3, 0.4) is 0 Å². The number of hydrogen-bond acceptors (Lipinski definition) is 3. The summed E-state index contributed by atoms with van der Waals surface area (Å²) >= 11 is 0. The van der Waals surface area contributed by atoms with Crippen LogP contribution >= 0.6 is 0 Å². The number of urea groups is 1. The Labute approximate surface area is 98.4 Å². The Morgan fingerprint density at radius 2 is 1.82 bits per heavy atom. The number of benzene rings is 1. The van der Waals surface area contributed by atoms with Crippen LogP contribution in [0.25, 0.3) is 0 Å². The van der Waals surface area contributed by atoms with Crippen LogP contribution in [-0.2, 0) is 0 Å². The summed E-state index contributed by atoms with van der Waals surface area (Å²) in [6, 6.07) is 13.8. The number of carbonyl (C=O) groups is 1. The first-order chi connectivity index (χ1) is 8.34. The Hall–Kier alpha value is -2.56. The van der Waals surface area contributed by atoms with Crippen LogP contribution in [0.2, 0.25) is 0 Å². The Bertz CT molecular complexity index is 474. The van der Waals surface area contributed by atoms with Crippen molar-refractivity contribution >= 4 is 11.7 Å². The van der Waals surface area contributed by atoms with Crippen molar-refractivity contribution in [2.45, 2.75) is 0 Å². The van der Waals surface area contributed by atoms with Gasteiger partial charge in [0.05, 0.1) is 0 Å². The Morgan fingerprint density at radius 1 is 1.06 bits per heavy atom. The average molecular weight is 229 g/mol. The minimum atomic E-state index is -0.457. The molecule has 1 aromatic heterocycles. The predicted molar refractivity (Wildman–Crippen MR) is 63.5 cm³/mol. The normalized spacial score (nSPS) is 9.41. The van der Waals surface area contributed by atoms with Crippen molar-refractivity contribution in [1.29, 1.82) is 0 Å². The highest BCUT2D eigenvalue weighted by atomic mass is 16.7. The van der Waals surface area contributed by atoms with Gasteiger partial charge in [-0.1, -0.05) is 24.3 Å². The molecule has 1 aromatic carbocycles. The molecule has 2 amide bonds. The molecule has 2 rings (SSSR count). The minimum absolute atomic E-state index is 0.329. The van der Waals surface area contributed by atoms with E-state index in [0.717, 1.165) is 0 Å². The van der Waals surface area contributed by atoms with Crippen LogP contribution in [0.1, 0.15) is 0 Å². The van der Waals surface area contributed by atoms with Gasteiger partial charge in [-0.15, -0.1) is 0 Å². The number of para-hydroxylation sites is 1. The third-order valence-electron chi connectivity index (χ3n) is 1.92. The van der Waals surface area contributed by atoms with Crippen molar-refractivity contribution in [3.8, 4) is 5.88 Å². The standard InChI is InChI=1S/C12H11N3O2/c16-12(14-10-6-2-1-3-7-10)15-17-11-8-4-5-9-13-11/h1-9H,(H2,14,15,16). The zero-order chi connectivity index (χ0) is 11.9. The van der Waals surface area contributed by atoms with Crippen molar-refractivity contribution in [3.63, 3.8) is 0 Å². The second-order valence-electron chi connectivity index (χ2n) is 3.19. The molecule has 5 nitrogen and oxygen atoms in total. The summed E-state index contributed by atoms with van der Waals surface area (Å²) < 4.78 is 0. The van der Waals surface area contributed by atoms with E-state index in [0.29, 0.717) is 11.6 Å². The number of hydroxylamine groups is 1. The fourth-order valence-corrected chi connectivity index (χ4v) is 1.18. The van der Waals surface area contributed by atoms with Crippen LogP contribution in [0.4, 0.5) is 10.5 Å². The van der Waals surface area contributed by atoms with Crippen molar-refractivity contribution in [2.24, 2.45) is 0 Å². The number of nitrogens with one attached hydrogen (secondary N) is 2. The summed E-state index contributed by atoms with van der Waals surface area (Å²) in [5.41, 5.74) is 2.92. The highest BCUT2D eigenvalue weighted by molar-refractivity contribution is 5.88. The molecule has 0 saturated heterocycles. The summed E-state index contributed by atoms with van der Waals surface area (Å²) in [5.74, 6) is 0.329. The molecule has 0 saturated carbocycles.